The van der Waals surface area contributed by atoms with Crippen LogP contribution in [-0.2, 0) is 6.54 Å². The number of halogens is 1. The third-order valence-electron chi connectivity index (χ3n) is 1.55. The van der Waals surface area contributed by atoms with Crippen LogP contribution in [0.5, 0.6) is 0 Å². The van der Waals surface area contributed by atoms with Gasteiger partial charge in [0.2, 0.25) is 0 Å². The molecular formula is C7H12ClN3S. The Balaban J connectivity index is 2.46. The van der Waals surface area contributed by atoms with E-state index in [2.05, 4.69) is 11.4 Å². The van der Waals surface area contributed by atoms with Gasteiger partial charge < -0.3 is 5.73 Å². The minimum atomic E-state index is 0.541. The van der Waals surface area contributed by atoms with Crippen LogP contribution in [0.3, 0.4) is 0 Å². The summed E-state index contributed by atoms with van der Waals surface area (Å²) in [5.41, 5.74) is 5.65. The van der Waals surface area contributed by atoms with E-state index in [0.717, 1.165) is 18.7 Å². The molecule has 0 unspecified atom stereocenters. The van der Waals surface area contributed by atoms with Crippen molar-refractivity contribution in [3.8, 4) is 0 Å². The van der Waals surface area contributed by atoms with Gasteiger partial charge in [0, 0.05) is 6.54 Å². The van der Waals surface area contributed by atoms with E-state index < -0.39 is 0 Å². The van der Waals surface area contributed by atoms with E-state index in [1.54, 1.807) is 10.9 Å². The molecule has 1 aromatic rings. The number of nitrogen functional groups attached to an aromatic ring is 1. The van der Waals surface area contributed by atoms with Crippen LogP contribution in [0.25, 0.3) is 0 Å². The molecule has 1 rings (SSSR count). The zero-order valence-electron chi connectivity index (χ0n) is 6.96. The summed E-state index contributed by atoms with van der Waals surface area (Å²) in [6.07, 6.45) is 4.73. The van der Waals surface area contributed by atoms with Crippen molar-refractivity contribution in [1.29, 1.82) is 0 Å². The normalized spacial score (nSPS) is 10.5. The summed E-state index contributed by atoms with van der Waals surface area (Å²) in [7, 11) is 0. The largest absolute Gasteiger partial charge is 0.383 e. The highest BCUT2D eigenvalue weighted by Gasteiger charge is 2.02. The van der Waals surface area contributed by atoms with E-state index in [-0.39, 0.29) is 0 Å². The van der Waals surface area contributed by atoms with Crippen LogP contribution in [0.15, 0.2) is 6.20 Å². The molecule has 0 aliphatic carbocycles. The van der Waals surface area contributed by atoms with Gasteiger partial charge in [0.25, 0.3) is 0 Å². The number of anilines is 1. The predicted octanol–water partition coefficient (Wildman–Crippen LogP) is 1.87. The summed E-state index contributed by atoms with van der Waals surface area (Å²) in [6.45, 7) is 0.847. The van der Waals surface area contributed by atoms with Crippen LogP contribution in [0.4, 0.5) is 5.82 Å². The van der Waals surface area contributed by atoms with Gasteiger partial charge in [-0.2, -0.15) is 16.9 Å². The van der Waals surface area contributed by atoms with Gasteiger partial charge in [-0.15, -0.1) is 0 Å². The zero-order valence-corrected chi connectivity index (χ0v) is 8.53. The van der Waals surface area contributed by atoms with E-state index in [4.69, 9.17) is 17.3 Å². The SMILES string of the molecule is CSCCCn1ncc(Cl)c1N. The van der Waals surface area contributed by atoms with Gasteiger partial charge in [0.05, 0.1) is 6.20 Å². The molecule has 3 nitrogen and oxygen atoms in total. The second-order valence-corrected chi connectivity index (χ2v) is 3.84. The molecule has 0 spiro atoms. The fourth-order valence-electron chi connectivity index (χ4n) is 0.909. The molecule has 68 valence electrons. The Hall–Kier alpha value is -0.350. The third kappa shape index (κ3) is 2.32. The Kier molecular flexibility index (Phi) is 3.75. The molecule has 0 aromatic carbocycles. The molecule has 12 heavy (non-hydrogen) atoms. The zero-order chi connectivity index (χ0) is 8.97. The van der Waals surface area contributed by atoms with E-state index in [9.17, 15) is 0 Å². The fourth-order valence-corrected chi connectivity index (χ4v) is 1.47. The van der Waals surface area contributed by atoms with Crippen LogP contribution in [0, 0.1) is 0 Å². The molecule has 2 N–H and O–H groups in total. The first-order chi connectivity index (χ1) is 5.75. The van der Waals surface area contributed by atoms with Crippen molar-refractivity contribution in [2.75, 3.05) is 17.7 Å². The molecule has 0 aliphatic rings. The van der Waals surface area contributed by atoms with Crippen LogP contribution < -0.4 is 5.73 Å². The standard InChI is InChI=1S/C7H12ClN3S/c1-12-4-2-3-11-7(9)6(8)5-10-11/h5H,2-4,9H2,1H3. The molecule has 1 heterocycles. The first-order valence-corrected chi connectivity index (χ1v) is 5.48. The Morgan fingerprint density at radius 2 is 2.50 bits per heavy atom. The smallest absolute Gasteiger partial charge is 0.140 e. The monoisotopic (exact) mass is 205 g/mol. The van der Waals surface area contributed by atoms with Gasteiger partial charge in [0.15, 0.2) is 0 Å². The number of nitrogens with two attached hydrogens (primary N) is 1. The molecule has 0 fully saturated rings. The molecule has 0 radical (unpaired) electrons. The molecule has 0 bridgehead atoms. The lowest BCUT2D eigenvalue weighted by atomic mass is 10.5. The lowest BCUT2D eigenvalue weighted by Crippen LogP contribution is -2.05. The Morgan fingerprint density at radius 1 is 1.75 bits per heavy atom. The van der Waals surface area contributed by atoms with Crippen molar-refractivity contribution in [1.82, 2.24) is 9.78 Å². The molecule has 0 atom stereocenters. The number of hydrogen-bond donors (Lipinski definition) is 1. The second-order valence-electron chi connectivity index (χ2n) is 2.45. The predicted molar refractivity (Wildman–Crippen MR) is 54.6 cm³/mol. The van der Waals surface area contributed by atoms with Crippen molar-refractivity contribution in [2.45, 2.75) is 13.0 Å². The Labute approximate surface area is 81.3 Å². The van der Waals surface area contributed by atoms with Gasteiger partial charge in [-0.1, -0.05) is 11.6 Å². The molecule has 5 heteroatoms. The second kappa shape index (κ2) is 4.62. The van der Waals surface area contributed by atoms with Crippen molar-refractivity contribution in [3.05, 3.63) is 11.2 Å². The summed E-state index contributed by atoms with van der Waals surface area (Å²) < 4.78 is 1.73. The van der Waals surface area contributed by atoms with Gasteiger partial charge in [-0.25, -0.2) is 4.68 Å². The molecule has 0 saturated carbocycles. The van der Waals surface area contributed by atoms with Gasteiger partial charge in [0.1, 0.15) is 10.8 Å². The topological polar surface area (TPSA) is 43.8 Å². The van der Waals surface area contributed by atoms with Crippen LogP contribution in [0.2, 0.25) is 5.02 Å². The van der Waals surface area contributed by atoms with Gasteiger partial charge in [-0.05, 0) is 18.4 Å². The number of aromatic nitrogens is 2. The number of hydrogen-bond acceptors (Lipinski definition) is 3. The van der Waals surface area contributed by atoms with Crippen LogP contribution in [-0.4, -0.2) is 21.8 Å². The van der Waals surface area contributed by atoms with Crippen LogP contribution in [0.1, 0.15) is 6.42 Å². The minimum Gasteiger partial charge on any atom is -0.383 e. The number of thioether (sulfide) groups is 1. The molecule has 0 aliphatic heterocycles. The van der Waals surface area contributed by atoms with Crippen molar-refractivity contribution in [2.24, 2.45) is 0 Å². The minimum absolute atomic E-state index is 0.541. The maximum atomic E-state index is 5.73. The third-order valence-corrected chi connectivity index (χ3v) is 2.54. The quantitative estimate of drug-likeness (QED) is 0.764. The van der Waals surface area contributed by atoms with E-state index in [1.807, 2.05) is 11.8 Å². The van der Waals surface area contributed by atoms with Crippen molar-refractivity contribution in [3.63, 3.8) is 0 Å². The summed E-state index contributed by atoms with van der Waals surface area (Å²) in [5, 5.41) is 4.58. The van der Waals surface area contributed by atoms with E-state index in [0.29, 0.717) is 10.8 Å². The molecule has 0 saturated heterocycles. The summed E-state index contributed by atoms with van der Waals surface area (Å²) in [6, 6.07) is 0. The summed E-state index contributed by atoms with van der Waals surface area (Å²) >= 11 is 7.55. The fraction of sp³-hybridized carbons (Fsp3) is 0.571. The highest BCUT2D eigenvalue weighted by atomic mass is 35.5. The highest BCUT2D eigenvalue weighted by Crippen LogP contribution is 2.17. The molecular weight excluding hydrogens is 194 g/mol. The van der Waals surface area contributed by atoms with Gasteiger partial charge in [-0.3, -0.25) is 0 Å². The Morgan fingerprint density at radius 3 is 3.00 bits per heavy atom. The average molecular weight is 206 g/mol. The van der Waals surface area contributed by atoms with Gasteiger partial charge >= 0.3 is 0 Å². The van der Waals surface area contributed by atoms with Crippen LogP contribution >= 0.6 is 23.4 Å². The summed E-state index contributed by atoms with van der Waals surface area (Å²) in [5.74, 6) is 1.69. The van der Waals surface area contributed by atoms with Crippen molar-refractivity contribution < 1.29 is 0 Å². The lowest BCUT2D eigenvalue weighted by molar-refractivity contribution is 0.615. The van der Waals surface area contributed by atoms with E-state index >= 15 is 0 Å². The van der Waals surface area contributed by atoms with E-state index in [1.165, 1.54) is 0 Å². The maximum absolute atomic E-state index is 5.73. The highest BCUT2D eigenvalue weighted by molar-refractivity contribution is 7.98. The lowest BCUT2D eigenvalue weighted by Gasteiger charge is -2.02. The Bertz CT molecular complexity index is 249. The molecule has 1 aromatic heterocycles. The average Bonchev–Trinajstić information content (AvgIpc) is 2.36. The van der Waals surface area contributed by atoms with Crippen molar-refractivity contribution >= 4 is 29.2 Å². The first-order valence-electron chi connectivity index (χ1n) is 3.71. The maximum Gasteiger partial charge on any atom is 0.140 e. The number of aryl methyl sites for hydroxylation is 1. The number of nitrogens with zero attached hydrogens (tertiary/aromatic N) is 2. The summed E-state index contributed by atoms with van der Waals surface area (Å²) in [4.78, 5) is 0. The molecule has 0 amide bonds. The first kappa shape index (κ1) is 9.74. The number of rotatable bonds is 4.